The average molecular weight is 408 g/mol. The molecule has 4 aliphatic rings. The molecule has 2 fully saturated rings. The van der Waals surface area contributed by atoms with Crippen LogP contribution in [0.1, 0.15) is 55.6 Å². The third-order valence-electron chi connectivity index (χ3n) is 7.52. The van der Waals surface area contributed by atoms with Crippen molar-refractivity contribution in [1.82, 2.24) is 4.90 Å². The SMILES string of the molecule is COc1ccc(C2c3cc4c(cc3OC3(N5CCCC5)CCCCC23)OCO4)cc1. The van der Waals surface area contributed by atoms with Crippen LogP contribution < -0.4 is 18.9 Å². The molecule has 158 valence electrons. The number of likely N-dealkylation sites (tertiary alicyclic amines) is 1. The number of ether oxygens (including phenoxy) is 4. The summed E-state index contributed by atoms with van der Waals surface area (Å²) in [7, 11) is 1.72. The Kier molecular flexibility index (Phi) is 4.34. The number of hydrogen-bond acceptors (Lipinski definition) is 5. The fraction of sp³-hybridized carbons (Fsp3) is 0.520. The van der Waals surface area contributed by atoms with Crippen molar-refractivity contribution in [3.63, 3.8) is 0 Å². The normalized spacial score (nSPS) is 29.8. The zero-order chi connectivity index (χ0) is 20.1. The second-order valence-corrected chi connectivity index (χ2v) is 8.99. The summed E-state index contributed by atoms with van der Waals surface area (Å²) >= 11 is 0. The molecular formula is C25H29NO4. The first-order valence-corrected chi connectivity index (χ1v) is 11.3. The molecule has 1 saturated heterocycles. The van der Waals surface area contributed by atoms with Crippen LogP contribution in [0.4, 0.5) is 0 Å². The molecule has 5 heteroatoms. The summed E-state index contributed by atoms with van der Waals surface area (Å²) in [6.45, 7) is 2.55. The van der Waals surface area contributed by atoms with Gasteiger partial charge in [-0.1, -0.05) is 18.6 Å². The standard InChI is InChI=1S/C25H29NO4/c1-27-18-9-7-17(8-10-18)24-19-14-22-23(29-16-28-22)15-21(19)30-25(26-12-4-5-13-26)11-3-2-6-20(24)25/h7-10,14-15,20,24H,2-6,11-13,16H2,1H3. The van der Waals surface area contributed by atoms with Gasteiger partial charge in [-0.15, -0.1) is 0 Å². The fourth-order valence-corrected chi connectivity index (χ4v) is 6.16. The van der Waals surface area contributed by atoms with Crippen molar-refractivity contribution in [3.8, 4) is 23.0 Å². The van der Waals surface area contributed by atoms with E-state index in [2.05, 4.69) is 41.3 Å². The van der Waals surface area contributed by atoms with Crippen molar-refractivity contribution < 1.29 is 18.9 Å². The van der Waals surface area contributed by atoms with Crippen LogP contribution in [-0.2, 0) is 0 Å². The molecule has 0 aromatic heterocycles. The van der Waals surface area contributed by atoms with Crippen LogP contribution in [0, 0.1) is 5.92 Å². The van der Waals surface area contributed by atoms with E-state index in [0.29, 0.717) is 5.92 Å². The van der Waals surface area contributed by atoms with Gasteiger partial charge in [-0.2, -0.15) is 0 Å². The Balaban J connectivity index is 1.53. The lowest BCUT2D eigenvalue weighted by Gasteiger charge is -2.55. The van der Waals surface area contributed by atoms with Crippen molar-refractivity contribution in [3.05, 3.63) is 47.5 Å². The van der Waals surface area contributed by atoms with E-state index in [4.69, 9.17) is 18.9 Å². The van der Waals surface area contributed by atoms with Crippen LogP contribution in [0.5, 0.6) is 23.0 Å². The van der Waals surface area contributed by atoms with Crippen LogP contribution in [-0.4, -0.2) is 37.6 Å². The summed E-state index contributed by atoms with van der Waals surface area (Å²) in [6.07, 6.45) is 7.29. The number of methoxy groups -OCH3 is 1. The zero-order valence-corrected chi connectivity index (χ0v) is 17.6. The van der Waals surface area contributed by atoms with Gasteiger partial charge in [-0.05, 0) is 49.4 Å². The predicted molar refractivity (Wildman–Crippen MR) is 114 cm³/mol. The minimum Gasteiger partial charge on any atom is -0.497 e. The molecular weight excluding hydrogens is 378 g/mol. The number of rotatable bonds is 3. The highest BCUT2D eigenvalue weighted by atomic mass is 16.7. The van der Waals surface area contributed by atoms with Crippen molar-refractivity contribution in [2.75, 3.05) is 27.0 Å². The van der Waals surface area contributed by atoms with Gasteiger partial charge in [0.2, 0.25) is 6.79 Å². The molecule has 1 saturated carbocycles. The van der Waals surface area contributed by atoms with Gasteiger partial charge in [0, 0.05) is 43.0 Å². The summed E-state index contributed by atoms with van der Waals surface area (Å²) in [5.41, 5.74) is 2.33. The predicted octanol–water partition coefficient (Wildman–Crippen LogP) is 4.93. The Hall–Kier alpha value is -2.40. The van der Waals surface area contributed by atoms with E-state index < -0.39 is 0 Å². The number of nitrogens with zero attached hydrogens (tertiary/aromatic N) is 1. The van der Waals surface area contributed by atoms with E-state index in [1.54, 1.807) is 7.11 Å². The lowest BCUT2D eigenvalue weighted by Crippen LogP contribution is -2.61. The summed E-state index contributed by atoms with van der Waals surface area (Å²) in [6, 6.07) is 12.8. The van der Waals surface area contributed by atoms with Crippen molar-refractivity contribution in [2.45, 2.75) is 50.2 Å². The minimum absolute atomic E-state index is 0.222. The summed E-state index contributed by atoms with van der Waals surface area (Å²) in [4.78, 5) is 2.64. The molecule has 6 rings (SSSR count). The average Bonchev–Trinajstić information content (AvgIpc) is 3.48. The number of hydrogen-bond donors (Lipinski definition) is 0. The highest BCUT2D eigenvalue weighted by molar-refractivity contribution is 5.57. The largest absolute Gasteiger partial charge is 0.497 e. The Morgan fingerprint density at radius 2 is 1.70 bits per heavy atom. The van der Waals surface area contributed by atoms with Gasteiger partial charge >= 0.3 is 0 Å². The van der Waals surface area contributed by atoms with Gasteiger partial charge < -0.3 is 18.9 Å². The highest BCUT2D eigenvalue weighted by Crippen LogP contribution is 2.57. The van der Waals surface area contributed by atoms with Crippen LogP contribution in [0.3, 0.4) is 0 Å². The topological polar surface area (TPSA) is 40.2 Å². The van der Waals surface area contributed by atoms with Crippen LogP contribution in [0.25, 0.3) is 0 Å². The maximum Gasteiger partial charge on any atom is 0.231 e. The molecule has 3 heterocycles. The quantitative estimate of drug-likeness (QED) is 0.721. The lowest BCUT2D eigenvalue weighted by atomic mass is 9.66. The van der Waals surface area contributed by atoms with E-state index in [1.165, 1.54) is 43.2 Å². The molecule has 0 N–H and O–H groups in total. The molecule has 0 spiro atoms. The van der Waals surface area contributed by atoms with Gasteiger partial charge in [0.05, 0.1) is 7.11 Å². The number of fused-ring (bicyclic) bond motifs is 3. The molecule has 2 aromatic carbocycles. The Bertz CT molecular complexity index is 937. The van der Waals surface area contributed by atoms with Gasteiger partial charge in [0.15, 0.2) is 17.2 Å². The third-order valence-corrected chi connectivity index (χ3v) is 7.52. The first-order valence-electron chi connectivity index (χ1n) is 11.3. The zero-order valence-electron chi connectivity index (χ0n) is 17.6. The monoisotopic (exact) mass is 407 g/mol. The summed E-state index contributed by atoms with van der Waals surface area (Å²) < 4.78 is 23.9. The third kappa shape index (κ3) is 2.71. The van der Waals surface area contributed by atoms with Crippen LogP contribution >= 0.6 is 0 Å². The first kappa shape index (κ1) is 18.4. The maximum atomic E-state index is 7.00. The van der Waals surface area contributed by atoms with Gasteiger partial charge in [0.1, 0.15) is 11.5 Å². The maximum absolute atomic E-state index is 7.00. The lowest BCUT2D eigenvalue weighted by molar-refractivity contribution is -0.154. The molecule has 5 nitrogen and oxygen atoms in total. The van der Waals surface area contributed by atoms with Crippen molar-refractivity contribution in [2.24, 2.45) is 5.92 Å². The molecule has 3 unspecified atom stereocenters. The van der Waals surface area contributed by atoms with E-state index in [-0.39, 0.29) is 18.4 Å². The summed E-state index contributed by atoms with van der Waals surface area (Å²) in [5, 5.41) is 0. The van der Waals surface area contributed by atoms with Gasteiger partial charge in [-0.3, -0.25) is 4.90 Å². The Morgan fingerprint density at radius 1 is 0.933 bits per heavy atom. The van der Waals surface area contributed by atoms with Gasteiger partial charge in [0.25, 0.3) is 0 Å². The van der Waals surface area contributed by atoms with Crippen molar-refractivity contribution >= 4 is 0 Å². The molecule has 2 aromatic rings. The fourth-order valence-electron chi connectivity index (χ4n) is 6.16. The second kappa shape index (κ2) is 7.09. The van der Waals surface area contributed by atoms with Gasteiger partial charge in [-0.25, -0.2) is 0 Å². The molecule has 0 radical (unpaired) electrons. The highest BCUT2D eigenvalue weighted by Gasteiger charge is 2.55. The van der Waals surface area contributed by atoms with Crippen molar-refractivity contribution in [1.29, 1.82) is 0 Å². The van der Waals surface area contributed by atoms with E-state index >= 15 is 0 Å². The second-order valence-electron chi connectivity index (χ2n) is 8.99. The molecule has 0 amide bonds. The molecule has 1 aliphatic carbocycles. The molecule has 30 heavy (non-hydrogen) atoms. The molecule has 3 aliphatic heterocycles. The number of benzene rings is 2. The smallest absolute Gasteiger partial charge is 0.231 e. The van der Waals surface area contributed by atoms with E-state index in [1.807, 2.05) is 0 Å². The van der Waals surface area contributed by atoms with E-state index in [0.717, 1.165) is 42.5 Å². The van der Waals surface area contributed by atoms with E-state index in [9.17, 15) is 0 Å². The molecule has 3 atom stereocenters. The minimum atomic E-state index is -0.222. The van der Waals surface area contributed by atoms with Crippen LogP contribution in [0.15, 0.2) is 36.4 Å². The summed E-state index contributed by atoms with van der Waals surface area (Å²) in [5.74, 6) is 4.19. The van der Waals surface area contributed by atoms with Crippen LogP contribution in [0.2, 0.25) is 0 Å². The molecule has 0 bridgehead atoms. The first-order chi connectivity index (χ1) is 14.8. The Morgan fingerprint density at radius 3 is 2.47 bits per heavy atom. The Labute approximate surface area is 177 Å².